The van der Waals surface area contributed by atoms with Crippen molar-refractivity contribution in [3.05, 3.63) is 203 Å². The molecule has 1 nitrogen and oxygen atoms in total. The number of nitrogens with zero attached hydrogens (tertiary/aromatic N) is 1. The van der Waals surface area contributed by atoms with Gasteiger partial charge in [0.1, 0.15) is 5.82 Å². The molecule has 3 heteroatoms. The van der Waals surface area contributed by atoms with Crippen molar-refractivity contribution >= 4 is 23.1 Å². The Bertz CT molecular complexity index is 2180. The Morgan fingerprint density at radius 3 is 2.13 bits per heavy atom. The molecule has 6 aromatic rings. The van der Waals surface area contributed by atoms with E-state index in [0.717, 1.165) is 28.3 Å². The van der Waals surface area contributed by atoms with Crippen molar-refractivity contribution in [2.45, 2.75) is 27.5 Å². The van der Waals surface area contributed by atoms with Crippen molar-refractivity contribution in [1.29, 1.82) is 0 Å². The largest absolute Gasteiger partial charge is 0.314 e. The van der Waals surface area contributed by atoms with Crippen molar-refractivity contribution in [2.75, 3.05) is 4.90 Å². The summed E-state index contributed by atoms with van der Waals surface area (Å²) in [5.74, 6) is 0.00976. The van der Waals surface area contributed by atoms with E-state index in [2.05, 4.69) is 151 Å². The Kier molecular flexibility index (Phi) is 6.36. The van der Waals surface area contributed by atoms with E-state index in [9.17, 15) is 0 Å². The minimum Gasteiger partial charge on any atom is -0.314 e. The first-order valence-corrected chi connectivity index (χ1v) is 16.6. The lowest BCUT2D eigenvalue weighted by atomic mass is 9.67. The number of allylic oxidation sites excluding steroid dienone is 4. The molecule has 0 radical (unpaired) electrons. The molecular weight excluding hydrogens is 582 g/mol. The van der Waals surface area contributed by atoms with Gasteiger partial charge in [-0.2, -0.15) is 0 Å². The molecule has 0 bridgehead atoms. The van der Waals surface area contributed by atoms with Gasteiger partial charge in [0.2, 0.25) is 0 Å². The molecule has 0 fully saturated rings. The smallest absolute Gasteiger partial charge is 0.123 e. The summed E-state index contributed by atoms with van der Waals surface area (Å²) in [6.07, 6.45) is 7.66. The molecule has 46 heavy (non-hydrogen) atoms. The van der Waals surface area contributed by atoms with Crippen molar-refractivity contribution in [3.63, 3.8) is 0 Å². The lowest BCUT2D eigenvalue weighted by molar-refractivity contribution is 0.614. The van der Waals surface area contributed by atoms with Crippen LogP contribution in [0.3, 0.4) is 0 Å². The fraction of sp³-hybridized carbons (Fsp3) is 0.0698. The summed E-state index contributed by atoms with van der Waals surface area (Å²) < 4.78 is 15.2. The van der Waals surface area contributed by atoms with Crippen LogP contribution in [0.15, 0.2) is 179 Å². The average molecular weight is 612 g/mol. The van der Waals surface area contributed by atoms with Crippen molar-refractivity contribution in [1.82, 2.24) is 0 Å². The van der Waals surface area contributed by atoms with E-state index in [-0.39, 0.29) is 11.7 Å². The Labute approximate surface area is 273 Å². The maximum absolute atomic E-state index is 15.2. The molecule has 2 atom stereocenters. The first-order valence-electron chi connectivity index (χ1n) is 15.8. The molecule has 0 saturated heterocycles. The first kappa shape index (κ1) is 27.2. The minimum absolute atomic E-state index is 0.208. The van der Waals surface area contributed by atoms with E-state index in [4.69, 9.17) is 0 Å². The van der Waals surface area contributed by atoms with E-state index in [1.807, 2.05) is 6.07 Å². The van der Waals surface area contributed by atoms with Gasteiger partial charge in [-0.05, 0) is 100.0 Å². The molecule has 1 heterocycles. The lowest BCUT2D eigenvalue weighted by Gasteiger charge is -2.40. The highest BCUT2D eigenvalue weighted by Crippen LogP contribution is 2.62. The molecule has 220 valence electrons. The summed E-state index contributed by atoms with van der Waals surface area (Å²) in [5, 5.41) is 0. The number of rotatable bonds is 4. The predicted molar refractivity (Wildman–Crippen MR) is 187 cm³/mol. The molecule has 1 spiro atoms. The molecular formula is C43H30FNS. The van der Waals surface area contributed by atoms with Crippen LogP contribution in [0.4, 0.5) is 15.8 Å². The van der Waals surface area contributed by atoms with Crippen LogP contribution in [0, 0.1) is 5.82 Å². The summed E-state index contributed by atoms with van der Waals surface area (Å²) >= 11 is 1.73. The van der Waals surface area contributed by atoms with Gasteiger partial charge in [0, 0.05) is 32.8 Å². The third kappa shape index (κ3) is 4.01. The van der Waals surface area contributed by atoms with Crippen LogP contribution in [0.2, 0.25) is 0 Å². The van der Waals surface area contributed by atoms with Crippen LogP contribution in [0.1, 0.15) is 40.2 Å². The number of para-hydroxylation sites is 1. The van der Waals surface area contributed by atoms with Gasteiger partial charge in [-0.3, -0.25) is 0 Å². The summed E-state index contributed by atoms with van der Waals surface area (Å²) in [6.45, 7) is 0. The summed E-state index contributed by atoms with van der Waals surface area (Å²) in [5.41, 5.74) is 11.2. The highest BCUT2D eigenvalue weighted by atomic mass is 32.2. The standard InChI is InChI=1S/C43H30FNS/c44-30-23-26-42-39(27-30)43(38-20-10-12-22-41(38)46-42)36-19-9-7-18-34(36)35-28-32(24-25-37(35)43)45(31-15-5-2-6-16-31)40-21-11-8-17-33(40)29-13-3-1-4-14-29/h1-16,18-28,33H,17H2. The Morgan fingerprint density at radius 2 is 1.28 bits per heavy atom. The summed E-state index contributed by atoms with van der Waals surface area (Å²) in [4.78, 5) is 4.74. The number of halogens is 1. The topological polar surface area (TPSA) is 3.24 Å². The van der Waals surface area contributed by atoms with Crippen LogP contribution in [0.25, 0.3) is 11.1 Å². The molecule has 2 aliphatic carbocycles. The maximum Gasteiger partial charge on any atom is 0.123 e. The molecule has 0 amide bonds. The van der Waals surface area contributed by atoms with Gasteiger partial charge in [0.15, 0.2) is 0 Å². The zero-order valence-corrected chi connectivity index (χ0v) is 25.9. The van der Waals surface area contributed by atoms with Gasteiger partial charge in [0.05, 0.1) is 5.41 Å². The number of benzene rings is 6. The molecule has 0 N–H and O–H groups in total. The van der Waals surface area contributed by atoms with Gasteiger partial charge in [-0.25, -0.2) is 4.39 Å². The SMILES string of the molecule is Fc1ccc2c(c1)C1(c3ccccc3S2)c2ccccc2-c2cc(N(C3=CC=CCC3c3ccccc3)c3ccccc3)ccc21. The molecule has 1 aliphatic heterocycles. The maximum atomic E-state index is 15.2. The van der Waals surface area contributed by atoms with Gasteiger partial charge < -0.3 is 4.90 Å². The third-order valence-corrected chi connectivity index (χ3v) is 10.9. The average Bonchev–Trinajstić information content (AvgIpc) is 3.40. The quantitative estimate of drug-likeness (QED) is 0.195. The van der Waals surface area contributed by atoms with Crippen LogP contribution in [0.5, 0.6) is 0 Å². The first-order chi connectivity index (χ1) is 22.7. The van der Waals surface area contributed by atoms with Crippen LogP contribution >= 0.6 is 11.8 Å². The van der Waals surface area contributed by atoms with Crippen molar-refractivity contribution in [2.24, 2.45) is 0 Å². The van der Waals surface area contributed by atoms with Crippen LogP contribution in [-0.2, 0) is 5.41 Å². The number of hydrogen-bond acceptors (Lipinski definition) is 2. The zero-order valence-electron chi connectivity index (χ0n) is 25.1. The van der Waals surface area contributed by atoms with E-state index in [1.165, 1.54) is 44.0 Å². The van der Waals surface area contributed by atoms with Gasteiger partial charge in [-0.1, -0.05) is 121 Å². The zero-order chi connectivity index (χ0) is 30.7. The molecule has 9 rings (SSSR count). The van der Waals surface area contributed by atoms with Gasteiger partial charge in [0.25, 0.3) is 0 Å². The number of anilines is 2. The Hall–Kier alpha value is -5.12. The van der Waals surface area contributed by atoms with Gasteiger partial charge >= 0.3 is 0 Å². The van der Waals surface area contributed by atoms with E-state index in [1.54, 1.807) is 23.9 Å². The Morgan fingerprint density at radius 1 is 0.587 bits per heavy atom. The van der Waals surface area contributed by atoms with E-state index in [0.29, 0.717) is 0 Å². The molecule has 3 aliphatic rings. The molecule has 6 aromatic carbocycles. The Balaban J connectivity index is 1.30. The van der Waals surface area contributed by atoms with Gasteiger partial charge in [-0.15, -0.1) is 0 Å². The monoisotopic (exact) mass is 611 g/mol. The van der Waals surface area contributed by atoms with Crippen molar-refractivity contribution < 1.29 is 4.39 Å². The fourth-order valence-electron chi connectivity index (χ4n) is 7.87. The summed E-state index contributed by atoms with van der Waals surface area (Å²) in [7, 11) is 0. The normalized spacial score (nSPS) is 18.7. The fourth-order valence-corrected chi connectivity index (χ4v) is 9.04. The van der Waals surface area contributed by atoms with E-state index < -0.39 is 5.41 Å². The summed E-state index contributed by atoms with van der Waals surface area (Å²) in [6, 6.07) is 51.1. The van der Waals surface area contributed by atoms with E-state index >= 15 is 4.39 Å². The number of hydrogen-bond donors (Lipinski definition) is 0. The van der Waals surface area contributed by atoms with Crippen LogP contribution in [-0.4, -0.2) is 0 Å². The minimum atomic E-state index is -0.610. The van der Waals surface area contributed by atoms with Crippen LogP contribution < -0.4 is 4.90 Å². The lowest BCUT2D eigenvalue weighted by Crippen LogP contribution is -2.32. The second kappa shape index (κ2) is 10.8. The highest BCUT2D eigenvalue weighted by molar-refractivity contribution is 7.99. The van der Waals surface area contributed by atoms with Crippen molar-refractivity contribution in [3.8, 4) is 11.1 Å². The second-order valence-electron chi connectivity index (χ2n) is 12.2. The second-order valence-corrected chi connectivity index (χ2v) is 13.2. The third-order valence-electron chi connectivity index (χ3n) is 9.75. The highest BCUT2D eigenvalue weighted by Gasteiger charge is 2.50. The molecule has 2 unspecified atom stereocenters. The predicted octanol–water partition coefficient (Wildman–Crippen LogP) is 11.4. The molecule has 0 aromatic heterocycles. The number of fused-ring (bicyclic) bond motifs is 9. The molecule has 0 saturated carbocycles.